The Balaban J connectivity index is 0.00000208. The summed E-state index contributed by atoms with van der Waals surface area (Å²) in [5.41, 5.74) is 7.09. The highest BCUT2D eigenvalue weighted by molar-refractivity contribution is 5.85. The van der Waals surface area contributed by atoms with Gasteiger partial charge in [0, 0.05) is 18.4 Å². The van der Waals surface area contributed by atoms with Gasteiger partial charge < -0.3 is 19.7 Å². The van der Waals surface area contributed by atoms with Crippen LogP contribution in [-0.4, -0.2) is 30.4 Å². The predicted molar refractivity (Wildman–Crippen MR) is 93.1 cm³/mol. The molecule has 0 spiro atoms. The fraction of sp³-hybridized carbons (Fsp3) is 0.529. The maximum atomic E-state index is 6.04. The Morgan fingerprint density at radius 2 is 2.00 bits per heavy atom. The van der Waals surface area contributed by atoms with Crippen molar-refractivity contribution in [2.45, 2.75) is 44.1 Å². The lowest BCUT2D eigenvalue weighted by Crippen LogP contribution is -2.26. The van der Waals surface area contributed by atoms with E-state index in [1.54, 1.807) is 14.2 Å². The first-order valence-electron chi connectivity index (χ1n) is 7.98. The summed E-state index contributed by atoms with van der Waals surface area (Å²) < 4.78 is 16.0. The molecule has 1 saturated carbocycles. The molecule has 1 fully saturated rings. The molecule has 1 aliphatic rings. The van der Waals surface area contributed by atoms with Gasteiger partial charge in [-0.3, -0.25) is 0 Å². The van der Waals surface area contributed by atoms with Crippen LogP contribution in [0.3, 0.4) is 0 Å². The summed E-state index contributed by atoms with van der Waals surface area (Å²) >= 11 is 0. The fourth-order valence-electron chi connectivity index (χ4n) is 3.13. The van der Waals surface area contributed by atoms with Crippen LogP contribution in [0.1, 0.15) is 48.9 Å². The predicted octanol–water partition coefficient (Wildman–Crippen LogP) is 3.08. The van der Waals surface area contributed by atoms with Crippen LogP contribution in [0.15, 0.2) is 22.7 Å². The van der Waals surface area contributed by atoms with E-state index in [-0.39, 0.29) is 18.4 Å². The SMILES string of the molecule is COc1ccc(Cc2noc(C3CCCC(N)C3)n2)cc1OC.Cl. The van der Waals surface area contributed by atoms with Crippen LogP contribution in [0.25, 0.3) is 0 Å². The molecule has 1 aromatic heterocycles. The second-order valence-electron chi connectivity index (χ2n) is 6.04. The van der Waals surface area contributed by atoms with E-state index in [1.807, 2.05) is 18.2 Å². The van der Waals surface area contributed by atoms with E-state index in [4.69, 9.17) is 19.7 Å². The Kier molecular flexibility index (Phi) is 6.45. The highest BCUT2D eigenvalue weighted by atomic mass is 35.5. The Morgan fingerprint density at radius 3 is 2.71 bits per heavy atom. The second-order valence-corrected chi connectivity index (χ2v) is 6.04. The number of methoxy groups -OCH3 is 2. The van der Waals surface area contributed by atoms with Gasteiger partial charge in [-0.25, -0.2) is 0 Å². The van der Waals surface area contributed by atoms with Gasteiger partial charge in [-0.2, -0.15) is 4.98 Å². The van der Waals surface area contributed by atoms with Crippen molar-refractivity contribution in [1.29, 1.82) is 0 Å². The molecule has 7 heteroatoms. The number of hydrogen-bond donors (Lipinski definition) is 1. The number of nitrogens with zero attached hydrogens (tertiary/aromatic N) is 2. The molecular weight excluding hydrogens is 330 g/mol. The molecule has 2 atom stereocenters. The van der Waals surface area contributed by atoms with Crippen molar-refractivity contribution in [3.8, 4) is 11.5 Å². The van der Waals surface area contributed by atoms with Crippen molar-refractivity contribution in [3.05, 3.63) is 35.5 Å². The van der Waals surface area contributed by atoms with Gasteiger partial charge in [-0.15, -0.1) is 12.4 Å². The highest BCUT2D eigenvalue weighted by Gasteiger charge is 2.25. The summed E-state index contributed by atoms with van der Waals surface area (Å²) in [4.78, 5) is 4.56. The lowest BCUT2D eigenvalue weighted by Gasteiger charge is -2.23. The van der Waals surface area contributed by atoms with E-state index in [0.29, 0.717) is 29.7 Å². The first-order valence-corrected chi connectivity index (χ1v) is 7.98. The summed E-state index contributed by atoms with van der Waals surface area (Å²) in [5.74, 6) is 3.11. The molecule has 0 radical (unpaired) electrons. The number of aromatic nitrogens is 2. The second kappa shape index (κ2) is 8.35. The largest absolute Gasteiger partial charge is 0.493 e. The Morgan fingerprint density at radius 1 is 1.21 bits per heavy atom. The van der Waals surface area contributed by atoms with Gasteiger partial charge in [0.25, 0.3) is 0 Å². The highest BCUT2D eigenvalue weighted by Crippen LogP contribution is 2.32. The lowest BCUT2D eigenvalue weighted by atomic mass is 9.86. The topological polar surface area (TPSA) is 83.4 Å². The molecule has 2 N–H and O–H groups in total. The molecule has 24 heavy (non-hydrogen) atoms. The zero-order valence-corrected chi connectivity index (χ0v) is 14.8. The van der Waals surface area contributed by atoms with Crippen molar-refractivity contribution < 1.29 is 14.0 Å². The van der Waals surface area contributed by atoms with Gasteiger partial charge in [0.05, 0.1) is 14.2 Å². The van der Waals surface area contributed by atoms with Crippen LogP contribution in [0.2, 0.25) is 0 Å². The van der Waals surface area contributed by atoms with E-state index in [1.165, 1.54) is 0 Å². The minimum Gasteiger partial charge on any atom is -0.493 e. The molecular formula is C17H24ClN3O3. The zero-order chi connectivity index (χ0) is 16.2. The molecule has 1 aromatic carbocycles. The van der Waals surface area contributed by atoms with Gasteiger partial charge in [-0.05, 0) is 37.0 Å². The average Bonchev–Trinajstić information content (AvgIpc) is 3.03. The van der Waals surface area contributed by atoms with Crippen molar-refractivity contribution >= 4 is 12.4 Å². The number of ether oxygens (including phenoxy) is 2. The Labute approximate surface area is 148 Å². The molecule has 6 nitrogen and oxygen atoms in total. The van der Waals surface area contributed by atoms with Crippen LogP contribution < -0.4 is 15.2 Å². The van der Waals surface area contributed by atoms with Gasteiger partial charge in [-0.1, -0.05) is 17.6 Å². The van der Waals surface area contributed by atoms with E-state index in [0.717, 1.165) is 37.1 Å². The van der Waals surface area contributed by atoms with Gasteiger partial charge >= 0.3 is 0 Å². The van der Waals surface area contributed by atoms with Gasteiger partial charge in [0.15, 0.2) is 17.3 Å². The van der Waals surface area contributed by atoms with Crippen LogP contribution >= 0.6 is 12.4 Å². The number of rotatable bonds is 5. The van der Waals surface area contributed by atoms with E-state index >= 15 is 0 Å². The van der Waals surface area contributed by atoms with Crippen LogP contribution in [-0.2, 0) is 6.42 Å². The minimum atomic E-state index is 0. The molecule has 132 valence electrons. The quantitative estimate of drug-likeness (QED) is 0.889. The molecule has 1 heterocycles. The fourth-order valence-corrected chi connectivity index (χ4v) is 3.13. The van der Waals surface area contributed by atoms with Crippen LogP contribution in [0.5, 0.6) is 11.5 Å². The van der Waals surface area contributed by atoms with E-state index < -0.39 is 0 Å². The molecule has 3 rings (SSSR count). The first kappa shape index (κ1) is 18.5. The number of halogens is 1. The monoisotopic (exact) mass is 353 g/mol. The molecule has 1 aliphatic carbocycles. The number of hydrogen-bond acceptors (Lipinski definition) is 6. The molecule has 2 aromatic rings. The van der Waals surface area contributed by atoms with Crippen molar-refractivity contribution in [2.24, 2.45) is 5.73 Å². The third kappa shape index (κ3) is 4.19. The lowest BCUT2D eigenvalue weighted by molar-refractivity contribution is 0.297. The standard InChI is InChI=1S/C17H23N3O3.ClH/c1-21-14-7-6-11(8-15(14)22-2)9-16-19-17(23-20-16)12-4-3-5-13(18)10-12;/h6-8,12-13H,3-5,9-10,18H2,1-2H3;1H. The van der Waals surface area contributed by atoms with E-state index in [2.05, 4.69) is 10.1 Å². The van der Waals surface area contributed by atoms with Crippen molar-refractivity contribution in [3.63, 3.8) is 0 Å². The average molecular weight is 354 g/mol. The zero-order valence-electron chi connectivity index (χ0n) is 14.0. The van der Waals surface area contributed by atoms with Crippen LogP contribution in [0, 0.1) is 0 Å². The molecule has 2 unspecified atom stereocenters. The summed E-state index contributed by atoms with van der Waals surface area (Å²) in [6.45, 7) is 0. The summed E-state index contributed by atoms with van der Waals surface area (Å²) in [6.07, 6.45) is 4.81. The molecule has 0 amide bonds. The van der Waals surface area contributed by atoms with E-state index in [9.17, 15) is 0 Å². The Hall–Kier alpha value is -1.79. The maximum absolute atomic E-state index is 6.04. The van der Waals surface area contributed by atoms with Gasteiger partial charge in [0.1, 0.15) is 0 Å². The maximum Gasteiger partial charge on any atom is 0.229 e. The molecule has 0 bridgehead atoms. The summed E-state index contributed by atoms with van der Waals surface area (Å²) in [7, 11) is 3.25. The minimum absolute atomic E-state index is 0. The Bertz CT molecular complexity index is 662. The summed E-state index contributed by atoms with van der Waals surface area (Å²) in [5, 5.41) is 4.11. The number of benzene rings is 1. The third-order valence-electron chi connectivity index (χ3n) is 4.36. The number of nitrogens with two attached hydrogens (primary N) is 1. The van der Waals surface area contributed by atoms with Crippen LogP contribution in [0.4, 0.5) is 0 Å². The third-order valence-corrected chi connectivity index (χ3v) is 4.36. The smallest absolute Gasteiger partial charge is 0.229 e. The molecule has 0 saturated heterocycles. The normalized spacial score (nSPS) is 20.3. The summed E-state index contributed by atoms with van der Waals surface area (Å²) in [6, 6.07) is 6.05. The van der Waals surface area contributed by atoms with Gasteiger partial charge in [0.2, 0.25) is 5.89 Å². The van der Waals surface area contributed by atoms with Crippen molar-refractivity contribution in [2.75, 3.05) is 14.2 Å². The van der Waals surface area contributed by atoms with Crippen molar-refractivity contribution in [1.82, 2.24) is 10.1 Å². The molecule has 0 aliphatic heterocycles. The first-order chi connectivity index (χ1) is 11.2.